The molecule has 1 aromatic heterocycles. The van der Waals surface area contributed by atoms with Crippen LogP contribution in [0.15, 0.2) is 12.1 Å². The predicted octanol–water partition coefficient (Wildman–Crippen LogP) is 3.10. The van der Waals surface area contributed by atoms with Crippen LogP contribution in [0.5, 0.6) is 0 Å². The zero-order valence-corrected chi connectivity index (χ0v) is 13.7. The van der Waals surface area contributed by atoms with E-state index in [2.05, 4.69) is 36.0 Å². The maximum absolute atomic E-state index is 6.21. The van der Waals surface area contributed by atoms with Gasteiger partial charge in [-0.2, -0.15) is 0 Å². The van der Waals surface area contributed by atoms with E-state index in [4.69, 9.17) is 16.3 Å². The maximum Gasteiger partial charge on any atom is 0.129 e. The summed E-state index contributed by atoms with van der Waals surface area (Å²) in [4.78, 5) is 6.87. The molecule has 0 saturated heterocycles. The highest BCUT2D eigenvalue weighted by Gasteiger charge is 2.09. The van der Waals surface area contributed by atoms with Gasteiger partial charge in [-0.05, 0) is 26.0 Å². The number of hydrogen-bond donors (Lipinski definition) is 1. The average molecular weight is 300 g/mol. The minimum atomic E-state index is 0.414. The topological polar surface area (TPSA) is 37.4 Å². The van der Waals surface area contributed by atoms with Gasteiger partial charge in [0.15, 0.2) is 0 Å². The molecule has 0 spiro atoms. The molecule has 1 rings (SSSR count). The van der Waals surface area contributed by atoms with Crippen LogP contribution < -0.4 is 10.2 Å². The zero-order valence-electron chi connectivity index (χ0n) is 12.9. The van der Waals surface area contributed by atoms with Crippen molar-refractivity contribution in [2.75, 3.05) is 31.2 Å². The number of nitrogens with zero attached hydrogens (tertiary/aromatic N) is 2. The Balaban J connectivity index is 2.75. The van der Waals surface area contributed by atoms with Crippen LogP contribution >= 0.6 is 11.6 Å². The summed E-state index contributed by atoms with van der Waals surface area (Å²) in [6.45, 7) is 12.2. The predicted molar refractivity (Wildman–Crippen MR) is 85.6 cm³/mol. The molecular formula is C15H26ClN3O. The van der Waals surface area contributed by atoms with Crippen molar-refractivity contribution in [3.63, 3.8) is 0 Å². The summed E-state index contributed by atoms with van der Waals surface area (Å²) in [6.07, 6.45) is 0. The lowest BCUT2D eigenvalue weighted by atomic mass is 10.3. The number of hydrogen-bond acceptors (Lipinski definition) is 4. The van der Waals surface area contributed by atoms with Crippen LogP contribution in [0.2, 0.25) is 5.02 Å². The molecule has 0 aliphatic rings. The van der Waals surface area contributed by atoms with Crippen LogP contribution in [0.4, 0.5) is 5.82 Å². The molecule has 1 aromatic rings. The molecule has 20 heavy (non-hydrogen) atoms. The number of halogens is 1. The van der Waals surface area contributed by atoms with Gasteiger partial charge in [0.25, 0.3) is 0 Å². The molecular weight excluding hydrogens is 274 g/mol. The second kappa shape index (κ2) is 9.16. The Hall–Kier alpha value is -0.840. The van der Waals surface area contributed by atoms with Crippen molar-refractivity contribution >= 4 is 17.4 Å². The first-order valence-corrected chi connectivity index (χ1v) is 7.67. The van der Waals surface area contributed by atoms with Gasteiger partial charge in [0.05, 0.1) is 17.3 Å². The number of ether oxygens (including phenoxy) is 1. The third kappa shape index (κ3) is 5.65. The number of pyridine rings is 1. The van der Waals surface area contributed by atoms with Crippen LogP contribution in [0.3, 0.4) is 0 Å². The first-order chi connectivity index (χ1) is 9.58. The Bertz CT molecular complexity index is 399. The van der Waals surface area contributed by atoms with Crippen molar-refractivity contribution in [3.8, 4) is 0 Å². The smallest absolute Gasteiger partial charge is 0.129 e. The Morgan fingerprint density at radius 1 is 1.35 bits per heavy atom. The first kappa shape index (κ1) is 17.2. The van der Waals surface area contributed by atoms with Gasteiger partial charge in [0.2, 0.25) is 0 Å². The van der Waals surface area contributed by atoms with Crippen molar-refractivity contribution in [1.82, 2.24) is 10.3 Å². The van der Waals surface area contributed by atoms with Crippen molar-refractivity contribution in [2.24, 2.45) is 0 Å². The molecule has 4 nitrogen and oxygen atoms in total. The van der Waals surface area contributed by atoms with Gasteiger partial charge in [0, 0.05) is 32.3 Å². The summed E-state index contributed by atoms with van der Waals surface area (Å²) in [5.74, 6) is 0.956. The van der Waals surface area contributed by atoms with E-state index in [9.17, 15) is 0 Å². The van der Waals surface area contributed by atoms with E-state index < -0.39 is 0 Å². The summed E-state index contributed by atoms with van der Waals surface area (Å²) in [5.41, 5.74) is 0.896. The molecule has 0 aliphatic carbocycles. The van der Waals surface area contributed by atoms with Crippen LogP contribution in [-0.2, 0) is 11.3 Å². The molecule has 0 unspecified atom stereocenters. The highest BCUT2D eigenvalue weighted by atomic mass is 35.5. The second-order valence-corrected chi connectivity index (χ2v) is 5.32. The van der Waals surface area contributed by atoms with Crippen molar-refractivity contribution < 1.29 is 4.74 Å². The van der Waals surface area contributed by atoms with E-state index in [-0.39, 0.29) is 0 Å². The normalized spacial score (nSPS) is 11.1. The van der Waals surface area contributed by atoms with E-state index in [1.807, 2.05) is 19.1 Å². The summed E-state index contributed by atoms with van der Waals surface area (Å²) >= 11 is 6.21. The molecule has 5 heteroatoms. The number of aromatic nitrogens is 1. The quantitative estimate of drug-likeness (QED) is 0.711. The molecule has 0 amide bonds. The van der Waals surface area contributed by atoms with E-state index in [1.165, 1.54) is 0 Å². The highest BCUT2D eigenvalue weighted by molar-refractivity contribution is 6.31. The summed E-state index contributed by atoms with van der Waals surface area (Å²) in [5, 5.41) is 4.06. The van der Waals surface area contributed by atoms with Gasteiger partial charge >= 0.3 is 0 Å². The van der Waals surface area contributed by atoms with Crippen LogP contribution in [0.1, 0.15) is 33.4 Å². The maximum atomic E-state index is 6.21. The summed E-state index contributed by atoms with van der Waals surface area (Å²) in [7, 11) is 0. The average Bonchev–Trinajstić information content (AvgIpc) is 2.43. The molecule has 114 valence electrons. The lowest BCUT2D eigenvalue weighted by molar-refractivity contribution is 0.154. The number of nitrogens with one attached hydrogen (secondary N) is 1. The van der Waals surface area contributed by atoms with E-state index in [0.717, 1.165) is 31.2 Å². The van der Waals surface area contributed by atoms with E-state index in [1.54, 1.807) is 0 Å². The van der Waals surface area contributed by atoms with Crippen molar-refractivity contribution in [2.45, 2.75) is 40.3 Å². The second-order valence-electron chi connectivity index (χ2n) is 4.91. The van der Waals surface area contributed by atoms with Crippen LogP contribution in [0.25, 0.3) is 0 Å². The third-order valence-electron chi connectivity index (χ3n) is 3.00. The number of anilines is 1. The summed E-state index contributed by atoms with van der Waals surface area (Å²) in [6, 6.07) is 4.30. The molecule has 0 aromatic carbocycles. The van der Waals surface area contributed by atoms with E-state index >= 15 is 0 Å². The van der Waals surface area contributed by atoms with Gasteiger partial charge in [-0.1, -0.05) is 25.4 Å². The van der Waals surface area contributed by atoms with E-state index in [0.29, 0.717) is 24.2 Å². The zero-order chi connectivity index (χ0) is 15.0. The first-order valence-electron chi connectivity index (χ1n) is 7.29. The molecule has 0 aliphatic heterocycles. The monoisotopic (exact) mass is 299 g/mol. The van der Waals surface area contributed by atoms with Crippen LogP contribution in [-0.4, -0.2) is 37.3 Å². The lowest BCUT2D eigenvalue weighted by Gasteiger charge is -2.22. The fourth-order valence-electron chi connectivity index (χ4n) is 1.83. The van der Waals surface area contributed by atoms with Gasteiger partial charge in [-0.3, -0.25) is 0 Å². The standard InChI is InChI=1S/C15H26ClN3O/c1-5-19(9-10-20-6-2)15-8-7-13(16)14(18-15)11-17-12(3)4/h7-8,12,17H,5-6,9-11H2,1-4H3. The SMILES string of the molecule is CCOCCN(CC)c1ccc(Cl)c(CNC(C)C)n1. The minimum Gasteiger partial charge on any atom is -0.380 e. The molecule has 0 saturated carbocycles. The number of likely N-dealkylation sites (N-methyl/N-ethyl adjacent to an activating group) is 1. The fraction of sp³-hybridized carbons (Fsp3) is 0.667. The van der Waals surface area contributed by atoms with Crippen molar-refractivity contribution in [1.29, 1.82) is 0 Å². The lowest BCUT2D eigenvalue weighted by Crippen LogP contribution is -2.29. The summed E-state index contributed by atoms with van der Waals surface area (Å²) < 4.78 is 5.41. The Morgan fingerprint density at radius 2 is 2.10 bits per heavy atom. The highest BCUT2D eigenvalue weighted by Crippen LogP contribution is 2.19. The molecule has 0 fully saturated rings. The molecule has 1 N–H and O–H groups in total. The third-order valence-corrected chi connectivity index (χ3v) is 3.34. The Labute approximate surface area is 127 Å². The van der Waals surface area contributed by atoms with Gasteiger partial charge < -0.3 is 15.0 Å². The van der Waals surface area contributed by atoms with Crippen molar-refractivity contribution in [3.05, 3.63) is 22.8 Å². The van der Waals surface area contributed by atoms with Crippen LogP contribution in [0, 0.1) is 0 Å². The molecule has 0 radical (unpaired) electrons. The Morgan fingerprint density at radius 3 is 2.70 bits per heavy atom. The fourth-order valence-corrected chi connectivity index (χ4v) is 2.00. The molecule has 0 atom stereocenters. The molecule has 1 heterocycles. The van der Waals surface area contributed by atoms with Gasteiger partial charge in [-0.25, -0.2) is 4.98 Å². The molecule has 0 bridgehead atoms. The number of rotatable bonds is 9. The Kier molecular flexibility index (Phi) is 7.88. The minimum absolute atomic E-state index is 0.414. The largest absolute Gasteiger partial charge is 0.380 e. The van der Waals surface area contributed by atoms with Gasteiger partial charge in [0.1, 0.15) is 5.82 Å². The van der Waals surface area contributed by atoms with Gasteiger partial charge in [-0.15, -0.1) is 0 Å².